The molecule has 28 heavy (non-hydrogen) atoms. The maximum Gasteiger partial charge on any atom is 0.291 e. The third-order valence-corrected chi connectivity index (χ3v) is 5.21. The Labute approximate surface area is 166 Å². The number of carbonyl (C=O) groups excluding carboxylic acids is 1. The Morgan fingerprint density at radius 2 is 1.86 bits per heavy atom. The number of hydrogen-bond acceptors (Lipinski definition) is 3. The lowest BCUT2D eigenvalue weighted by molar-refractivity contribution is -0.123. The Kier molecular flexibility index (Phi) is 4.65. The van der Waals surface area contributed by atoms with Gasteiger partial charge in [-0.1, -0.05) is 41.9 Å². The quantitative estimate of drug-likeness (QED) is 0.576. The molecular weight excluding hydrogens is 376 g/mol. The molecule has 4 rings (SSSR count). The van der Waals surface area contributed by atoms with Gasteiger partial charge in [-0.3, -0.25) is 9.59 Å². The monoisotopic (exact) mass is 394 g/mol. The summed E-state index contributed by atoms with van der Waals surface area (Å²) in [6, 6.07) is 14.4. The van der Waals surface area contributed by atoms with Gasteiger partial charge in [-0.2, -0.15) is 5.10 Å². The molecule has 0 bridgehead atoms. The van der Waals surface area contributed by atoms with Crippen LogP contribution in [0.15, 0.2) is 59.5 Å². The van der Waals surface area contributed by atoms with Crippen LogP contribution in [-0.4, -0.2) is 20.3 Å². The number of fused-ring (bicyclic) bond motifs is 3. The molecule has 0 spiro atoms. The number of carbonyl (C=O) groups is 1. The van der Waals surface area contributed by atoms with Crippen LogP contribution in [0.3, 0.4) is 0 Å². The molecule has 2 aromatic heterocycles. The summed E-state index contributed by atoms with van der Waals surface area (Å²) in [6.07, 6.45) is 1.67. The van der Waals surface area contributed by atoms with Crippen molar-refractivity contribution < 1.29 is 4.79 Å². The van der Waals surface area contributed by atoms with Crippen LogP contribution in [0, 0.1) is 0 Å². The minimum absolute atomic E-state index is 0.170. The highest BCUT2D eigenvalue weighted by molar-refractivity contribution is 6.30. The van der Waals surface area contributed by atoms with Gasteiger partial charge in [-0.15, -0.1) is 0 Å². The summed E-state index contributed by atoms with van der Waals surface area (Å²) >= 11 is 5.90. The Morgan fingerprint density at radius 1 is 1.14 bits per heavy atom. The molecule has 2 heterocycles. The van der Waals surface area contributed by atoms with Crippen molar-refractivity contribution in [3.63, 3.8) is 0 Å². The van der Waals surface area contributed by atoms with Crippen LogP contribution in [0.25, 0.3) is 21.8 Å². The van der Waals surface area contributed by atoms with E-state index in [-0.39, 0.29) is 11.5 Å². The number of hydrogen-bond donors (Lipinski definition) is 1. The highest BCUT2D eigenvalue weighted by Gasteiger charge is 2.23. The minimum atomic E-state index is -0.565. The Bertz CT molecular complexity index is 1240. The van der Waals surface area contributed by atoms with Gasteiger partial charge in [0.25, 0.3) is 5.56 Å². The predicted molar refractivity (Wildman–Crippen MR) is 110 cm³/mol. The van der Waals surface area contributed by atoms with E-state index in [0.29, 0.717) is 17.1 Å². The molecule has 0 unspecified atom stereocenters. The van der Waals surface area contributed by atoms with Crippen LogP contribution in [0.5, 0.6) is 0 Å². The van der Waals surface area contributed by atoms with Gasteiger partial charge >= 0.3 is 0 Å². The minimum Gasteiger partial charge on any atom is -0.350 e. The zero-order valence-corrected chi connectivity index (χ0v) is 16.3. The second-order valence-electron chi connectivity index (χ2n) is 6.74. The number of amides is 1. The van der Waals surface area contributed by atoms with Crippen molar-refractivity contribution in [2.75, 3.05) is 0 Å². The zero-order valence-electron chi connectivity index (χ0n) is 15.5. The SMILES string of the molecule is C[C@H](C(=O)NCc1ccc(Cl)cc1)n1c2ccccc2c2cnn(C)c(=O)c21. The molecule has 0 saturated heterocycles. The number of halogens is 1. The van der Waals surface area contributed by atoms with Gasteiger partial charge < -0.3 is 9.88 Å². The second-order valence-corrected chi connectivity index (χ2v) is 7.18. The summed E-state index contributed by atoms with van der Waals surface area (Å²) in [4.78, 5) is 25.7. The van der Waals surface area contributed by atoms with Crippen molar-refractivity contribution in [3.05, 3.63) is 75.7 Å². The van der Waals surface area contributed by atoms with E-state index in [4.69, 9.17) is 11.6 Å². The van der Waals surface area contributed by atoms with Crippen molar-refractivity contribution in [2.45, 2.75) is 19.5 Å². The molecule has 0 saturated carbocycles. The van der Waals surface area contributed by atoms with E-state index >= 15 is 0 Å². The normalized spacial score (nSPS) is 12.4. The standard InChI is InChI=1S/C21H19ClN4O2/c1-13(20(27)23-11-14-7-9-15(22)10-8-14)26-18-6-4-3-5-16(18)17-12-24-25(2)21(28)19(17)26/h3-10,12-13H,11H2,1-2H3,(H,23,27)/t13-/m1/s1. The first-order valence-corrected chi connectivity index (χ1v) is 9.32. The molecule has 1 atom stereocenters. The van der Waals surface area contributed by atoms with E-state index in [9.17, 15) is 9.59 Å². The van der Waals surface area contributed by atoms with E-state index in [0.717, 1.165) is 21.9 Å². The largest absolute Gasteiger partial charge is 0.350 e. The van der Waals surface area contributed by atoms with Crippen LogP contribution >= 0.6 is 11.6 Å². The molecule has 2 aromatic carbocycles. The number of nitrogens with zero attached hydrogens (tertiary/aromatic N) is 3. The number of rotatable bonds is 4. The Morgan fingerprint density at radius 3 is 2.61 bits per heavy atom. The van der Waals surface area contributed by atoms with Crippen LogP contribution in [0.1, 0.15) is 18.5 Å². The molecule has 0 radical (unpaired) electrons. The fourth-order valence-electron chi connectivity index (χ4n) is 3.45. The zero-order chi connectivity index (χ0) is 19.8. The van der Waals surface area contributed by atoms with E-state index in [1.54, 1.807) is 36.9 Å². The lowest BCUT2D eigenvalue weighted by Crippen LogP contribution is -2.32. The molecule has 0 aliphatic heterocycles. The summed E-state index contributed by atoms with van der Waals surface area (Å²) < 4.78 is 3.09. The van der Waals surface area contributed by atoms with Gasteiger partial charge in [0.2, 0.25) is 5.91 Å². The first-order chi connectivity index (χ1) is 13.5. The van der Waals surface area contributed by atoms with E-state index in [1.807, 2.05) is 36.4 Å². The fraction of sp³-hybridized carbons (Fsp3) is 0.190. The van der Waals surface area contributed by atoms with Gasteiger partial charge in [-0.05, 0) is 30.7 Å². The summed E-state index contributed by atoms with van der Waals surface area (Å²) in [5, 5.41) is 9.38. The Hall–Kier alpha value is -3.12. The van der Waals surface area contributed by atoms with Crippen molar-refractivity contribution in [3.8, 4) is 0 Å². The van der Waals surface area contributed by atoms with Crippen molar-refractivity contribution >= 4 is 39.3 Å². The molecular formula is C21H19ClN4O2. The lowest BCUT2D eigenvalue weighted by Gasteiger charge is -2.16. The molecule has 0 fully saturated rings. The molecule has 142 valence electrons. The first kappa shape index (κ1) is 18.3. The van der Waals surface area contributed by atoms with Gasteiger partial charge in [0.1, 0.15) is 11.6 Å². The van der Waals surface area contributed by atoms with Gasteiger partial charge in [0.15, 0.2) is 0 Å². The molecule has 1 N–H and O–H groups in total. The number of benzene rings is 2. The summed E-state index contributed by atoms with van der Waals surface area (Å²) in [6.45, 7) is 2.18. The topological polar surface area (TPSA) is 68.9 Å². The smallest absolute Gasteiger partial charge is 0.291 e. The number of aromatic nitrogens is 3. The number of para-hydroxylation sites is 1. The summed E-state index contributed by atoms with van der Waals surface area (Å²) in [5.41, 5.74) is 2.03. The van der Waals surface area contributed by atoms with Crippen LogP contribution < -0.4 is 10.9 Å². The molecule has 0 aliphatic carbocycles. The van der Waals surface area contributed by atoms with E-state index in [2.05, 4.69) is 10.4 Å². The van der Waals surface area contributed by atoms with Gasteiger partial charge in [-0.25, -0.2) is 4.68 Å². The van der Waals surface area contributed by atoms with Crippen LogP contribution in [0.4, 0.5) is 0 Å². The predicted octanol–water partition coefficient (Wildman–Crippen LogP) is 3.42. The van der Waals surface area contributed by atoms with Gasteiger partial charge in [0.05, 0.1) is 11.7 Å². The number of aryl methyl sites for hydroxylation is 1. The summed E-state index contributed by atoms with van der Waals surface area (Å²) in [5.74, 6) is -0.170. The molecule has 6 nitrogen and oxygen atoms in total. The van der Waals surface area contributed by atoms with Crippen molar-refractivity contribution in [1.29, 1.82) is 0 Å². The lowest BCUT2D eigenvalue weighted by atomic mass is 10.2. The maximum absolute atomic E-state index is 12.9. The maximum atomic E-state index is 12.9. The van der Waals surface area contributed by atoms with Crippen molar-refractivity contribution in [2.24, 2.45) is 7.05 Å². The molecule has 1 amide bonds. The van der Waals surface area contributed by atoms with Gasteiger partial charge in [0, 0.05) is 29.4 Å². The van der Waals surface area contributed by atoms with E-state index in [1.165, 1.54) is 4.68 Å². The van der Waals surface area contributed by atoms with Crippen LogP contribution in [0.2, 0.25) is 5.02 Å². The second kappa shape index (κ2) is 7.13. The third-order valence-electron chi connectivity index (χ3n) is 4.95. The van der Waals surface area contributed by atoms with E-state index < -0.39 is 6.04 Å². The van der Waals surface area contributed by atoms with Crippen molar-refractivity contribution in [1.82, 2.24) is 19.7 Å². The third kappa shape index (κ3) is 3.05. The molecule has 4 aromatic rings. The fourth-order valence-corrected chi connectivity index (χ4v) is 3.57. The average Bonchev–Trinajstić information content (AvgIpc) is 3.04. The number of nitrogens with one attached hydrogen (secondary N) is 1. The van der Waals surface area contributed by atoms with Crippen LogP contribution in [-0.2, 0) is 18.4 Å². The highest BCUT2D eigenvalue weighted by Crippen LogP contribution is 2.29. The Balaban J connectivity index is 1.74. The highest BCUT2D eigenvalue weighted by atomic mass is 35.5. The molecule has 7 heteroatoms. The summed E-state index contributed by atoms with van der Waals surface area (Å²) in [7, 11) is 1.61. The first-order valence-electron chi connectivity index (χ1n) is 8.94. The average molecular weight is 395 g/mol. The molecule has 0 aliphatic rings.